The van der Waals surface area contributed by atoms with Crippen LogP contribution in [0.3, 0.4) is 0 Å². The Kier molecular flexibility index (Phi) is 4.88. The quantitative estimate of drug-likeness (QED) is 0.486. The summed E-state index contributed by atoms with van der Waals surface area (Å²) in [4.78, 5) is 18.1. The van der Waals surface area contributed by atoms with Gasteiger partial charge in [0.2, 0.25) is 0 Å². The van der Waals surface area contributed by atoms with Crippen molar-refractivity contribution in [3.63, 3.8) is 0 Å². The van der Waals surface area contributed by atoms with Crippen molar-refractivity contribution < 1.29 is 4.79 Å². The zero-order valence-corrected chi connectivity index (χ0v) is 15.4. The lowest BCUT2D eigenvalue weighted by molar-refractivity contribution is 0.0988. The summed E-state index contributed by atoms with van der Waals surface area (Å²) in [6.45, 7) is 0. The Hall–Kier alpha value is -1.52. The Bertz CT molecular complexity index is 959. The maximum Gasteiger partial charge on any atom is 0.278 e. The first-order valence-electron chi connectivity index (χ1n) is 6.87. The van der Waals surface area contributed by atoms with Gasteiger partial charge in [0.1, 0.15) is 5.15 Å². The van der Waals surface area contributed by atoms with Crippen LogP contribution < -0.4 is 4.90 Å². The molecule has 0 N–H and O–H groups in total. The second kappa shape index (κ2) is 6.77. The third-order valence-corrected chi connectivity index (χ3v) is 5.29. The number of hydrogen-bond donors (Lipinski definition) is 0. The SMILES string of the molecule is CN(C(=O)c1nc(Cl)c(Cl)c(Cl)c1Cl)c1ccc2ccccc2c1. The van der Waals surface area contributed by atoms with E-state index in [2.05, 4.69) is 4.98 Å². The first kappa shape index (κ1) is 17.3. The van der Waals surface area contributed by atoms with Crippen molar-refractivity contribution in [2.45, 2.75) is 0 Å². The van der Waals surface area contributed by atoms with Crippen LogP contribution in [0.2, 0.25) is 20.2 Å². The molecule has 0 atom stereocenters. The van der Waals surface area contributed by atoms with Gasteiger partial charge < -0.3 is 4.90 Å². The summed E-state index contributed by atoms with van der Waals surface area (Å²) < 4.78 is 0. The number of aromatic nitrogens is 1. The molecule has 0 spiro atoms. The molecule has 7 heteroatoms. The number of rotatable bonds is 2. The van der Waals surface area contributed by atoms with Crippen LogP contribution in [0.4, 0.5) is 5.69 Å². The molecule has 0 bridgehead atoms. The van der Waals surface area contributed by atoms with E-state index in [9.17, 15) is 4.79 Å². The highest BCUT2D eigenvalue weighted by molar-refractivity contribution is 6.52. The predicted octanol–water partition coefficient (Wildman–Crippen LogP) is 6.13. The number of carbonyl (C=O) groups is 1. The van der Waals surface area contributed by atoms with Crippen LogP contribution in [-0.4, -0.2) is 17.9 Å². The molecule has 24 heavy (non-hydrogen) atoms. The van der Waals surface area contributed by atoms with Crippen molar-refractivity contribution in [2.24, 2.45) is 0 Å². The fourth-order valence-electron chi connectivity index (χ4n) is 2.29. The topological polar surface area (TPSA) is 33.2 Å². The molecule has 0 aliphatic heterocycles. The molecule has 3 nitrogen and oxygen atoms in total. The van der Waals surface area contributed by atoms with Crippen LogP contribution in [0.1, 0.15) is 10.5 Å². The van der Waals surface area contributed by atoms with Gasteiger partial charge >= 0.3 is 0 Å². The van der Waals surface area contributed by atoms with Crippen molar-refractivity contribution in [1.82, 2.24) is 4.98 Å². The van der Waals surface area contributed by atoms with E-state index < -0.39 is 5.91 Å². The molecule has 0 fully saturated rings. The molecule has 3 rings (SSSR count). The van der Waals surface area contributed by atoms with Crippen LogP contribution in [0, 0.1) is 0 Å². The van der Waals surface area contributed by atoms with Crippen LogP contribution in [0.5, 0.6) is 0 Å². The second-order valence-corrected chi connectivity index (χ2v) is 6.58. The smallest absolute Gasteiger partial charge is 0.278 e. The largest absolute Gasteiger partial charge is 0.310 e. The van der Waals surface area contributed by atoms with Crippen molar-refractivity contribution in [1.29, 1.82) is 0 Å². The van der Waals surface area contributed by atoms with Crippen LogP contribution in [0.15, 0.2) is 42.5 Å². The number of carbonyl (C=O) groups excluding carboxylic acids is 1. The van der Waals surface area contributed by atoms with E-state index >= 15 is 0 Å². The Morgan fingerprint density at radius 2 is 1.58 bits per heavy atom. The average molecular weight is 400 g/mol. The zero-order chi connectivity index (χ0) is 17.4. The summed E-state index contributed by atoms with van der Waals surface area (Å²) in [5, 5.41) is 2.03. The van der Waals surface area contributed by atoms with E-state index in [1.807, 2.05) is 42.5 Å². The summed E-state index contributed by atoms with van der Waals surface area (Å²) in [7, 11) is 1.63. The van der Waals surface area contributed by atoms with E-state index in [-0.39, 0.29) is 25.9 Å². The molecule has 0 aliphatic rings. The third-order valence-electron chi connectivity index (χ3n) is 3.61. The molecular weight excluding hydrogens is 390 g/mol. The summed E-state index contributed by atoms with van der Waals surface area (Å²) in [6, 6.07) is 13.5. The highest BCUT2D eigenvalue weighted by Gasteiger charge is 2.23. The number of amides is 1. The molecule has 3 aromatic rings. The van der Waals surface area contributed by atoms with Gasteiger partial charge in [-0.05, 0) is 22.9 Å². The van der Waals surface area contributed by atoms with Crippen LogP contribution >= 0.6 is 46.4 Å². The number of nitrogens with zero attached hydrogens (tertiary/aromatic N) is 2. The first-order chi connectivity index (χ1) is 11.4. The Labute approximate surface area is 158 Å². The lowest BCUT2D eigenvalue weighted by Gasteiger charge is -2.19. The summed E-state index contributed by atoms with van der Waals surface area (Å²) in [6.07, 6.45) is 0. The highest BCUT2D eigenvalue weighted by Crippen LogP contribution is 2.36. The summed E-state index contributed by atoms with van der Waals surface area (Å²) in [5.41, 5.74) is 0.644. The molecule has 0 aliphatic carbocycles. The minimum atomic E-state index is -0.434. The molecule has 0 radical (unpaired) electrons. The number of benzene rings is 2. The molecule has 2 aromatic carbocycles. The standard InChI is InChI=1S/C17H10Cl4N2O/c1-23(11-7-6-9-4-2-3-5-10(9)8-11)17(24)15-13(19)12(18)14(20)16(21)22-15/h2-8H,1H3. The van der Waals surface area contributed by atoms with Gasteiger partial charge in [-0.3, -0.25) is 4.79 Å². The Morgan fingerprint density at radius 1 is 0.917 bits per heavy atom. The number of hydrogen-bond acceptors (Lipinski definition) is 2. The van der Waals surface area contributed by atoms with Gasteiger partial charge in [-0.1, -0.05) is 76.7 Å². The van der Waals surface area contributed by atoms with Crippen LogP contribution in [0.25, 0.3) is 10.8 Å². The summed E-state index contributed by atoms with van der Waals surface area (Å²) in [5.74, 6) is -0.434. The maximum absolute atomic E-state index is 12.7. The summed E-state index contributed by atoms with van der Waals surface area (Å²) >= 11 is 23.9. The predicted molar refractivity (Wildman–Crippen MR) is 101 cm³/mol. The van der Waals surface area contributed by atoms with Gasteiger partial charge in [0.15, 0.2) is 5.69 Å². The van der Waals surface area contributed by atoms with Gasteiger partial charge in [0.25, 0.3) is 5.91 Å². The minimum Gasteiger partial charge on any atom is -0.310 e. The fraction of sp³-hybridized carbons (Fsp3) is 0.0588. The number of pyridine rings is 1. The van der Waals surface area contributed by atoms with Crippen molar-refractivity contribution in [2.75, 3.05) is 11.9 Å². The molecule has 0 saturated heterocycles. The maximum atomic E-state index is 12.7. The lowest BCUT2D eigenvalue weighted by Crippen LogP contribution is -2.27. The first-order valence-corrected chi connectivity index (χ1v) is 8.38. The molecular formula is C17H10Cl4N2O. The monoisotopic (exact) mass is 398 g/mol. The van der Waals surface area contributed by atoms with Gasteiger partial charge in [0, 0.05) is 12.7 Å². The Balaban J connectivity index is 2.03. The van der Waals surface area contributed by atoms with E-state index in [4.69, 9.17) is 46.4 Å². The highest BCUT2D eigenvalue weighted by atomic mass is 35.5. The van der Waals surface area contributed by atoms with Crippen molar-refractivity contribution in [3.8, 4) is 0 Å². The van der Waals surface area contributed by atoms with Gasteiger partial charge in [-0.25, -0.2) is 4.98 Å². The number of fused-ring (bicyclic) bond motifs is 1. The van der Waals surface area contributed by atoms with Crippen molar-refractivity contribution in [3.05, 3.63) is 68.4 Å². The van der Waals surface area contributed by atoms with Gasteiger partial charge in [-0.2, -0.15) is 0 Å². The lowest BCUT2D eigenvalue weighted by atomic mass is 10.1. The Morgan fingerprint density at radius 3 is 2.29 bits per heavy atom. The van der Waals surface area contributed by atoms with Crippen LogP contribution in [-0.2, 0) is 0 Å². The van der Waals surface area contributed by atoms with Gasteiger partial charge in [-0.15, -0.1) is 0 Å². The normalized spacial score (nSPS) is 10.9. The molecule has 0 saturated carbocycles. The van der Waals surface area contributed by atoms with E-state index in [0.29, 0.717) is 5.69 Å². The second-order valence-electron chi connectivity index (χ2n) is 5.09. The van der Waals surface area contributed by atoms with Gasteiger partial charge in [0.05, 0.1) is 15.1 Å². The fourth-order valence-corrected chi connectivity index (χ4v) is 3.10. The zero-order valence-electron chi connectivity index (χ0n) is 12.4. The van der Waals surface area contributed by atoms with E-state index in [1.54, 1.807) is 7.05 Å². The number of halogens is 4. The minimum absolute atomic E-state index is 0.00796. The van der Waals surface area contributed by atoms with E-state index in [1.165, 1.54) is 4.90 Å². The molecule has 122 valence electrons. The number of anilines is 1. The van der Waals surface area contributed by atoms with E-state index in [0.717, 1.165) is 10.8 Å². The molecule has 1 amide bonds. The van der Waals surface area contributed by atoms with Crippen molar-refractivity contribution >= 4 is 68.8 Å². The average Bonchev–Trinajstić information content (AvgIpc) is 2.61. The molecule has 1 heterocycles. The molecule has 0 unspecified atom stereocenters. The molecule has 1 aromatic heterocycles. The third kappa shape index (κ3) is 3.05.